The zero-order valence-corrected chi connectivity index (χ0v) is 12.9. The molecule has 4 heteroatoms. The van der Waals surface area contributed by atoms with Crippen LogP contribution in [0.5, 0.6) is 0 Å². The van der Waals surface area contributed by atoms with E-state index in [1.54, 1.807) is 11.3 Å². The number of hydrogen-bond donors (Lipinski definition) is 0. The third-order valence-corrected chi connectivity index (χ3v) is 4.59. The van der Waals surface area contributed by atoms with E-state index in [1.807, 2.05) is 36.0 Å². The summed E-state index contributed by atoms with van der Waals surface area (Å²) in [6.07, 6.45) is 2.98. The lowest BCUT2D eigenvalue weighted by molar-refractivity contribution is -0.118. The normalized spacial score (nSPS) is 11.1. The maximum Gasteiger partial charge on any atom is 0.138 e. The van der Waals surface area contributed by atoms with Crippen LogP contribution in [0.25, 0.3) is 10.9 Å². The molecule has 0 bridgehead atoms. The number of Topliss-reactive ketones (excluding diaryl/α,β-unsaturated/α-hetero) is 1. The lowest BCUT2D eigenvalue weighted by atomic mass is 10.1. The molecule has 1 aromatic carbocycles. The number of carbonyl (C=O) groups excluding carboxylic acids is 1. The number of aromatic nitrogens is 2. The van der Waals surface area contributed by atoms with Gasteiger partial charge in [0.25, 0.3) is 0 Å². The molecule has 0 N–H and O–H groups in total. The fraction of sp³-hybridized carbons (Fsp3) is 0.294. The van der Waals surface area contributed by atoms with Crippen molar-refractivity contribution < 1.29 is 4.79 Å². The number of thiophene rings is 1. The highest BCUT2D eigenvalue weighted by Gasteiger charge is 2.12. The van der Waals surface area contributed by atoms with E-state index in [-0.39, 0.29) is 5.78 Å². The molecule has 108 valence electrons. The number of benzene rings is 1. The molecule has 0 atom stereocenters. The molecule has 21 heavy (non-hydrogen) atoms. The van der Waals surface area contributed by atoms with Gasteiger partial charge in [0.15, 0.2) is 0 Å². The van der Waals surface area contributed by atoms with E-state index in [0.29, 0.717) is 12.8 Å². The Kier molecular flexibility index (Phi) is 4.15. The van der Waals surface area contributed by atoms with Gasteiger partial charge in [0.2, 0.25) is 0 Å². The lowest BCUT2D eigenvalue weighted by Gasteiger charge is -1.99. The van der Waals surface area contributed by atoms with Gasteiger partial charge in [0, 0.05) is 23.7 Å². The average Bonchev–Trinajstić information content (AvgIpc) is 3.09. The monoisotopic (exact) mass is 298 g/mol. The second-order valence-corrected chi connectivity index (χ2v) is 6.27. The second kappa shape index (κ2) is 6.22. The Morgan fingerprint density at radius 3 is 2.90 bits per heavy atom. The van der Waals surface area contributed by atoms with E-state index in [0.717, 1.165) is 29.4 Å². The van der Waals surface area contributed by atoms with E-state index in [1.165, 1.54) is 4.88 Å². The number of rotatable bonds is 6. The third-order valence-electron chi connectivity index (χ3n) is 3.66. The molecule has 3 nitrogen and oxygen atoms in total. The minimum absolute atomic E-state index is 0.274. The standard InChI is InChI=1S/C17H18N2OS/c1-19-17-10-3-2-9-15(17)16(18-19)12-13(20)6-4-7-14-8-5-11-21-14/h2-3,5,8-11H,4,6-7,12H2,1H3. The van der Waals surface area contributed by atoms with E-state index in [4.69, 9.17) is 0 Å². The first-order valence-corrected chi connectivity index (χ1v) is 8.06. The van der Waals surface area contributed by atoms with Crippen LogP contribution in [-0.2, 0) is 24.7 Å². The molecule has 2 aromatic heterocycles. The molecule has 0 aliphatic rings. The van der Waals surface area contributed by atoms with E-state index in [2.05, 4.69) is 22.6 Å². The van der Waals surface area contributed by atoms with Gasteiger partial charge in [-0.25, -0.2) is 0 Å². The topological polar surface area (TPSA) is 34.9 Å². The van der Waals surface area contributed by atoms with Crippen molar-refractivity contribution in [2.45, 2.75) is 25.7 Å². The van der Waals surface area contributed by atoms with E-state index in [9.17, 15) is 4.79 Å². The van der Waals surface area contributed by atoms with Crippen LogP contribution in [-0.4, -0.2) is 15.6 Å². The summed E-state index contributed by atoms with van der Waals surface area (Å²) in [5.74, 6) is 0.274. The molecule has 0 spiro atoms. The van der Waals surface area contributed by atoms with Crippen LogP contribution in [0.2, 0.25) is 0 Å². The highest BCUT2D eigenvalue weighted by Crippen LogP contribution is 2.19. The zero-order valence-electron chi connectivity index (χ0n) is 12.1. The quantitative estimate of drug-likeness (QED) is 0.694. The lowest BCUT2D eigenvalue weighted by Crippen LogP contribution is -2.04. The van der Waals surface area contributed by atoms with Crippen molar-refractivity contribution >= 4 is 28.0 Å². The van der Waals surface area contributed by atoms with Gasteiger partial charge in [0.05, 0.1) is 17.6 Å². The number of aryl methyl sites for hydroxylation is 2. The highest BCUT2D eigenvalue weighted by atomic mass is 32.1. The molecule has 0 aliphatic heterocycles. The Morgan fingerprint density at radius 2 is 2.10 bits per heavy atom. The van der Waals surface area contributed by atoms with Crippen LogP contribution in [0.4, 0.5) is 0 Å². The van der Waals surface area contributed by atoms with Gasteiger partial charge in [-0.15, -0.1) is 11.3 Å². The van der Waals surface area contributed by atoms with Crippen LogP contribution in [0, 0.1) is 0 Å². The number of carbonyl (C=O) groups is 1. The fourth-order valence-electron chi connectivity index (χ4n) is 2.61. The summed E-state index contributed by atoms with van der Waals surface area (Å²) < 4.78 is 1.85. The largest absolute Gasteiger partial charge is 0.299 e. The molecular formula is C17H18N2OS. The Morgan fingerprint density at radius 1 is 1.24 bits per heavy atom. The molecule has 0 aliphatic carbocycles. The minimum atomic E-state index is 0.274. The van der Waals surface area contributed by atoms with Crippen molar-refractivity contribution in [3.8, 4) is 0 Å². The van der Waals surface area contributed by atoms with Crippen molar-refractivity contribution in [1.29, 1.82) is 0 Å². The molecule has 3 rings (SSSR count). The van der Waals surface area contributed by atoms with Crippen LogP contribution in [0.15, 0.2) is 41.8 Å². The van der Waals surface area contributed by atoms with Gasteiger partial charge in [-0.2, -0.15) is 5.10 Å². The molecule has 0 radical (unpaired) electrons. The summed E-state index contributed by atoms with van der Waals surface area (Å²) in [5, 5.41) is 7.66. The van der Waals surface area contributed by atoms with Gasteiger partial charge < -0.3 is 0 Å². The van der Waals surface area contributed by atoms with Crippen LogP contribution in [0.3, 0.4) is 0 Å². The van der Waals surface area contributed by atoms with E-state index < -0.39 is 0 Å². The molecule has 0 unspecified atom stereocenters. The highest BCUT2D eigenvalue weighted by molar-refractivity contribution is 7.09. The Hall–Kier alpha value is -1.94. The van der Waals surface area contributed by atoms with Crippen LogP contribution in [0.1, 0.15) is 23.4 Å². The first-order chi connectivity index (χ1) is 10.2. The zero-order chi connectivity index (χ0) is 14.7. The fourth-order valence-corrected chi connectivity index (χ4v) is 3.36. The maximum atomic E-state index is 12.1. The van der Waals surface area contributed by atoms with Gasteiger partial charge in [-0.3, -0.25) is 9.48 Å². The molecular weight excluding hydrogens is 280 g/mol. The first-order valence-electron chi connectivity index (χ1n) is 7.19. The number of para-hydroxylation sites is 1. The van der Waals surface area contributed by atoms with Gasteiger partial charge in [-0.05, 0) is 30.4 Å². The van der Waals surface area contributed by atoms with Gasteiger partial charge in [0.1, 0.15) is 5.78 Å². The number of hydrogen-bond acceptors (Lipinski definition) is 3. The van der Waals surface area contributed by atoms with E-state index >= 15 is 0 Å². The summed E-state index contributed by atoms with van der Waals surface area (Å²) >= 11 is 1.76. The molecule has 2 heterocycles. The molecule has 0 saturated heterocycles. The molecule has 0 saturated carbocycles. The summed E-state index contributed by atoms with van der Waals surface area (Å²) in [7, 11) is 1.92. The van der Waals surface area contributed by atoms with Crippen molar-refractivity contribution in [2.24, 2.45) is 7.05 Å². The number of ketones is 1. The Balaban J connectivity index is 1.61. The second-order valence-electron chi connectivity index (χ2n) is 5.24. The minimum Gasteiger partial charge on any atom is -0.299 e. The summed E-state index contributed by atoms with van der Waals surface area (Å²) in [4.78, 5) is 13.5. The van der Waals surface area contributed by atoms with Crippen LogP contribution >= 0.6 is 11.3 Å². The Bertz CT molecular complexity index is 743. The summed E-state index contributed by atoms with van der Waals surface area (Å²) in [6.45, 7) is 0. The average molecular weight is 298 g/mol. The third kappa shape index (κ3) is 3.22. The predicted molar refractivity (Wildman–Crippen MR) is 86.7 cm³/mol. The number of nitrogens with zero attached hydrogens (tertiary/aromatic N) is 2. The van der Waals surface area contributed by atoms with Gasteiger partial charge >= 0.3 is 0 Å². The summed E-state index contributed by atoms with van der Waals surface area (Å²) in [6, 6.07) is 12.2. The predicted octanol–water partition coefficient (Wildman–Crippen LogP) is 3.77. The maximum absolute atomic E-state index is 12.1. The Labute approximate surface area is 128 Å². The first kappa shape index (κ1) is 14.0. The van der Waals surface area contributed by atoms with Crippen molar-refractivity contribution in [2.75, 3.05) is 0 Å². The molecule has 0 amide bonds. The number of fused-ring (bicyclic) bond motifs is 1. The summed E-state index contributed by atoms with van der Waals surface area (Å²) in [5.41, 5.74) is 1.98. The van der Waals surface area contributed by atoms with Crippen molar-refractivity contribution in [1.82, 2.24) is 9.78 Å². The SMILES string of the molecule is Cn1nc(CC(=O)CCCc2cccs2)c2ccccc21. The molecule has 0 fully saturated rings. The molecule has 3 aromatic rings. The van der Waals surface area contributed by atoms with Crippen LogP contribution < -0.4 is 0 Å². The van der Waals surface area contributed by atoms with Gasteiger partial charge in [-0.1, -0.05) is 24.3 Å². The van der Waals surface area contributed by atoms with Crippen molar-refractivity contribution in [3.63, 3.8) is 0 Å². The smallest absolute Gasteiger partial charge is 0.138 e. The van der Waals surface area contributed by atoms with Crippen molar-refractivity contribution in [3.05, 3.63) is 52.3 Å².